The zero-order valence-electron chi connectivity index (χ0n) is 11.0. The Bertz CT molecular complexity index is 659. The normalized spacial score (nSPS) is 12.2. The highest BCUT2D eigenvalue weighted by atomic mass is 32.2. The number of rotatable bonds is 5. The molecule has 2 heterocycles. The van der Waals surface area contributed by atoms with Crippen molar-refractivity contribution < 1.29 is 8.42 Å². The van der Waals surface area contributed by atoms with Crippen molar-refractivity contribution >= 4 is 10.0 Å². The molecule has 0 saturated carbocycles. The first-order valence-corrected chi connectivity index (χ1v) is 7.23. The van der Waals surface area contributed by atoms with Gasteiger partial charge in [0.1, 0.15) is 5.82 Å². The van der Waals surface area contributed by atoms with Crippen molar-refractivity contribution in [3.63, 3.8) is 0 Å². The number of imidazole rings is 1. The largest absolute Gasteiger partial charge is 0.336 e. The Morgan fingerprint density at radius 1 is 1.47 bits per heavy atom. The van der Waals surface area contributed by atoms with Crippen LogP contribution in [0, 0.1) is 6.92 Å². The molecule has 2 aromatic rings. The molecule has 104 valence electrons. The molecule has 0 amide bonds. The standard InChI is InChI=1S/C10H16N6O2S/c1-4-16-6-10(11-7-16)19(17,18)15(3)5-9-12-8(2)13-14-9/h6-7H,4-5H2,1-3H3,(H,12,13,14). The zero-order chi connectivity index (χ0) is 14.0. The lowest BCUT2D eigenvalue weighted by Crippen LogP contribution is -2.27. The molecule has 0 saturated heterocycles. The average molecular weight is 284 g/mol. The first-order chi connectivity index (χ1) is 8.93. The van der Waals surface area contributed by atoms with Crippen LogP contribution in [0.5, 0.6) is 0 Å². The quantitative estimate of drug-likeness (QED) is 0.843. The van der Waals surface area contributed by atoms with Gasteiger partial charge in [-0.05, 0) is 13.8 Å². The molecule has 0 atom stereocenters. The van der Waals surface area contributed by atoms with Crippen molar-refractivity contribution in [1.29, 1.82) is 0 Å². The van der Waals surface area contributed by atoms with Crippen LogP contribution in [-0.2, 0) is 23.1 Å². The van der Waals surface area contributed by atoms with E-state index in [1.54, 1.807) is 11.5 Å². The summed E-state index contributed by atoms with van der Waals surface area (Å²) in [5.41, 5.74) is 0. The number of nitrogens with one attached hydrogen (secondary N) is 1. The predicted octanol–water partition coefficient (Wildman–Crippen LogP) is 0.150. The molecule has 9 heteroatoms. The van der Waals surface area contributed by atoms with Crippen molar-refractivity contribution in [1.82, 2.24) is 29.0 Å². The van der Waals surface area contributed by atoms with Crippen LogP contribution < -0.4 is 0 Å². The van der Waals surface area contributed by atoms with E-state index in [4.69, 9.17) is 0 Å². The Hall–Kier alpha value is -1.74. The molecule has 0 fully saturated rings. The number of H-pyrrole nitrogens is 1. The van der Waals surface area contributed by atoms with Crippen LogP contribution >= 0.6 is 0 Å². The molecular formula is C10H16N6O2S. The minimum absolute atomic E-state index is 0.0316. The van der Waals surface area contributed by atoms with Crippen LogP contribution in [0.1, 0.15) is 18.6 Å². The Morgan fingerprint density at radius 2 is 2.21 bits per heavy atom. The maximum absolute atomic E-state index is 12.3. The van der Waals surface area contributed by atoms with Crippen LogP contribution in [0.15, 0.2) is 17.6 Å². The second-order valence-corrected chi connectivity index (χ2v) is 6.13. The van der Waals surface area contributed by atoms with Crippen molar-refractivity contribution in [3.05, 3.63) is 24.2 Å². The minimum atomic E-state index is -3.61. The summed E-state index contributed by atoms with van der Waals surface area (Å²) in [6.07, 6.45) is 3.01. The predicted molar refractivity (Wildman–Crippen MR) is 67.7 cm³/mol. The van der Waals surface area contributed by atoms with Gasteiger partial charge in [0.2, 0.25) is 0 Å². The third-order valence-electron chi connectivity index (χ3n) is 2.66. The van der Waals surface area contributed by atoms with E-state index in [0.29, 0.717) is 18.2 Å². The van der Waals surface area contributed by atoms with Crippen LogP contribution in [-0.4, -0.2) is 44.5 Å². The lowest BCUT2D eigenvalue weighted by atomic mass is 10.6. The summed E-state index contributed by atoms with van der Waals surface area (Å²) >= 11 is 0. The smallest absolute Gasteiger partial charge is 0.262 e. The SMILES string of the molecule is CCn1cnc(S(=O)(=O)N(C)Cc2n[nH]c(C)n2)c1. The molecule has 0 bridgehead atoms. The van der Waals surface area contributed by atoms with Gasteiger partial charge in [0.15, 0.2) is 10.9 Å². The first-order valence-electron chi connectivity index (χ1n) is 5.79. The highest BCUT2D eigenvalue weighted by Crippen LogP contribution is 2.13. The summed E-state index contributed by atoms with van der Waals surface area (Å²) in [6.45, 7) is 4.45. The fourth-order valence-corrected chi connectivity index (χ4v) is 2.60. The number of aromatic amines is 1. The minimum Gasteiger partial charge on any atom is -0.336 e. The van der Waals surface area contributed by atoms with E-state index >= 15 is 0 Å². The van der Waals surface area contributed by atoms with E-state index in [0.717, 1.165) is 0 Å². The van der Waals surface area contributed by atoms with Crippen molar-refractivity contribution in [2.24, 2.45) is 0 Å². The molecule has 0 spiro atoms. The van der Waals surface area contributed by atoms with Gasteiger partial charge in [-0.3, -0.25) is 5.10 Å². The van der Waals surface area contributed by atoms with Gasteiger partial charge in [0.05, 0.1) is 12.9 Å². The topological polar surface area (TPSA) is 96.8 Å². The lowest BCUT2D eigenvalue weighted by molar-refractivity contribution is 0.455. The molecule has 2 aromatic heterocycles. The van der Waals surface area contributed by atoms with E-state index in [1.807, 2.05) is 6.92 Å². The molecule has 2 rings (SSSR count). The molecular weight excluding hydrogens is 268 g/mol. The second-order valence-electron chi connectivity index (χ2n) is 4.14. The van der Waals surface area contributed by atoms with Crippen LogP contribution in [0.2, 0.25) is 0 Å². The number of aryl methyl sites for hydroxylation is 2. The van der Waals surface area contributed by atoms with E-state index in [-0.39, 0.29) is 11.6 Å². The lowest BCUT2D eigenvalue weighted by Gasteiger charge is -2.13. The summed E-state index contributed by atoms with van der Waals surface area (Å²) in [5.74, 6) is 1.08. The van der Waals surface area contributed by atoms with E-state index in [9.17, 15) is 8.42 Å². The summed E-state index contributed by atoms with van der Waals surface area (Å²) in [7, 11) is -2.13. The van der Waals surface area contributed by atoms with Gasteiger partial charge in [-0.2, -0.15) is 9.40 Å². The van der Waals surface area contributed by atoms with E-state index in [1.165, 1.54) is 23.9 Å². The number of hydrogen-bond donors (Lipinski definition) is 1. The van der Waals surface area contributed by atoms with Crippen molar-refractivity contribution in [3.8, 4) is 0 Å². The number of hydrogen-bond acceptors (Lipinski definition) is 5. The summed E-state index contributed by atoms with van der Waals surface area (Å²) in [6, 6.07) is 0. The summed E-state index contributed by atoms with van der Waals surface area (Å²) in [4.78, 5) is 7.99. The number of nitrogens with zero attached hydrogens (tertiary/aromatic N) is 5. The molecule has 8 nitrogen and oxygen atoms in total. The third kappa shape index (κ3) is 2.82. The molecule has 1 N–H and O–H groups in total. The first kappa shape index (κ1) is 13.7. The molecule has 0 aliphatic rings. The summed E-state index contributed by atoms with van der Waals surface area (Å²) in [5, 5.41) is 6.62. The maximum Gasteiger partial charge on any atom is 0.262 e. The Morgan fingerprint density at radius 3 is 2.74 bits per heavy atom. The fraction of sp³-hybridized carbons (Fsp3) is 0.500. The van der Waals surface area contributed by atoms with Gasteiger partial charge in [-0.15, -0.1) is 0 Å². The van der Waals surface area contributed by atoms with Gasteiger partial charge in [0.25, 0.3) is 10.0 Å². The van der Waals surface area contributed by atoms with Crippen LogP contribution in [0.25, 0.3) is 0 Å². The second kappa shape index (κ2) is 5.10. The van der Waals surface area contributed by atoms with E-state index in [2.05, 4.69) is 20.2 Å². The molecule has 0 radical (unpaired) electrons. The van der Waals surface area contributed by atoms with Gasteiger partial charge in [0, 0.05) is 19.8 Å². The Labute approximate surface area is 111 Å². The number of sulfonamides is 1. The molecule has 0 aromatic carbocycles. The highest BCUT2D eigenvalue weighted by molar-refractivity contribution is 7.89. The van der Waals surface area contributed by atoms with Gasteiger partial charge in [-0.1, -0.05) is 0 Å². The third-order valence-corrected chi connectivity index (χ3v) is 4.35. The highest BCUT2D eigenvalue weighted by Gasteiger charge is 2.24. The molecule has 0 aliphatic carbocycles. The summed E-state index contributed by atoms with van der Waals surface area (Å²) < 4.78 is 27.4. The fourth-order valence-electron chi connectivity index (χ4n) is 1.55. The van der Waals surface area contributed by atoms with Crippen LogP contribution in [0.4, 0.5) is 0 Å². The van der Waals surface area contributed by atoms with E-state index < -0.39 is 10.0 Å². The van der Waals surface area contributed by atoms with Crippen molar-refractivity contribution in [2.75, 3.05) is 7.05 Å². The molecule has 0 aliphatic heterocycles. The van der Waals surface area contributed by atoms with Gasteiger partial charge in [-0.25, -0.2) is 18.4 Å². The Kier molecular flexibility index (Phi) is 3.67. The van der Waals surface area contributed by atoms with Crippen LogP contribution in [0.3, 0.4) is 0 Å². The molecule has 0 unspecified atom stereocenters. The van der Waals surface area contributed by atoms with Crippen molar-refractivity contribution in [2.45, 2.75) is 32.0 Å². The molecule has 19 heavy (non-hydrogen) atoms. The zero-order valence-corrected chi connectivity index (χ0v) is 11.8. The van der Waals surface area contributed by atoms with Gasteiger partial charge >= 0.3 is 0 Å². The number of aromatic nitrogens is 5. The van der Waals surface area contributed by atoms with Gasteiger partial charge < -0.3 is 4.57 Å². The Balaban J connectivity index is 2.19. The monoisotopic (exact) mass is 284 g/mol. The maximum atomic E-state index is 12.3. The average Bonchev–Trinajstić information content (AvgIpc) is 2.98.